The monoisotopic (exact) mass is 279 g/mol. The maximum Gasteiger partial charge on any atom is 0.219 e. The molecule has 2 aromatic rings. The largest absolute Gasteiger partial charge is 0.504 e. The third-order valence-electron chi connectivity index (χ3n) is 2.08. The fourth-order valence-electron chi connectivity index (χ4n) is 1.23. The van der Waals surface area contributed by atoms with Crippen LogP contribution in [0.5, 0.6) is 17.4 Å². The molecule has 0 fully saturated rings. The van der Waals surface area contributed by atoms with Gasteiger partial charge in [0.25, 0.3) is 0 Å². The van der Waals surface area contributed by atoms with Gasteiger partial charge in [0.2, 0.25) is 5.88 Å². The molecular formula is C12H10BrNO2. The molecule has 0 radical (unpaired) electrons. The van der Waals surface area contributed by atoms with E-state index in [0.717, 1.165) is 10.2 Å². The van der Waals surface area contributed by atoms with E-state index in [4.69, 9.17) is 4.74 Å². The summed E-state index contributed by atoms with van der Waals surface area (Å²) in [4.78, 5) is 4.23. The number of aromatic nitrogens is 1. The first-order valence-electron chi connectivity index (χ1n) is 4.76. The molecule has 0 amide bonds. The molecule has 82 valence electrons. The zero-order valence-electron chi connectivity index (χ0n) is 8.64. The number of para-hydroxylation sites is 2. The Kier molecular flexibility index (Phi) is 3.10. The van der Waals surface area contributed by atoms with Gasteiger partial charge >= 0.3 is 0 Å². The van der Waals surface area contributed by atoms with Crippen molar-refractivity contribution in [2.75, 3.05) is 0 Å². The minimum atomic E-state index is 0.102. The molecule has 0 aliphatic carbocycles. The SMILES string of the molecule is Cc1nc(Oc2ccccc2O)ccc1Br. The van der Waals surface area contributed by atoms with Crippen LogP contribution < -0.4 is 4.74 Å². The highest BCUT2D eigenvalue weighted by molar-refractivity contribution is 9.10. The van der Waals surface area contributed by atoms with Gasteiger partial charge in [-0.15, -0.1) is 0 Å². The molecule has 1 heterocycles. The van der Waals surface area contributed by atoms with Crippen LogP contribution in [-0.4, -0.2) is 10.1 Å². The van der Waals surface area contributed by atoms with Gasteiger partial charge in [0.15, 0.2) is 11.5 Å². The van der Waals surface area contributed by atoms with Crippen molar-refractivity contribution in [2.45, 2.75) is 6.92 Å². The van der Waals surface area contributed by atoms with Gasteiger partial charge in [0.1, 0.15) is 0 Å². The molecule has 0 saturated carbocycles. The molecule has 0 unspecified atom stereocenters. The second-order valence-corrected chi connectivity index (χ2v) is 4.14. The summed E-state index contributed by atoms with van der Waals surface area (Å²) in [6.45, 7) is 1.88. The Labute approximate surface area is 102 Å². The minimum absolute atomic E-state index is 0.102. The van der Waals surface area contributed by atoms with Gasteiger partial charge < -0.3 is 9.84 Å². The first kappa shape index (κ1) is 11.0. The van der Waals surface area contributed by atoms with Crippen LogP contribution in [0.4, 0.5) is 0 Å². The van der Waals surface area contributed by atoms with Gasteiger partial charge in [-0.05, 0) is 41.1 Å². The van der Waals surface area contributed by atoms with E-state index in [9.17, 15) is 5.11 Å². The summed E-state index contributed by atoms with van der Waals surface area (Å²) in [7, 11) is 0. The summed E-state index contributed by atoms with van der Waals surface area (Å²) in [5.41, 5.74) is 0.841. The second-order valence-electron chi connectivity index (χ2n) is 3.29. The molecule has 1 aromatic heterocycles. The smallest absolute Gasteiger partial charge is 0.219 e. The van der Waals surface area contributed by atoms with Gasteiger partial charge in [-0.3, -0.25) is 0 Å². The molecule has 0 saturated heterocycles. The summed E-state index contributed by atoms with van der Waals surface area (Å²) in [5, 5.41) is 9.53. The predicted octanol–water partition coefficient (Wildman–Crippen LogP) is 3.65. The number of rotatable bonds is 2. The van der Waals surface area contributed by atoms with Crippen molar-refractivity contribution in [3.8, 4) is 17.4 Å². The van der Waals surface area contributed by atoms with Crippen LogP contribution in [0.2, 0.25) is 0 Å². The van der Waals surface area contributed by atoms with E-state index in [2.05, 4.69) is 20.9 Å². The van der Waals surface area contributed by atoms with Crippen molar-refractivity contribution in [3.63, 3.8) is 0 Å². The number of halogens is 1. The number of pyridine rings is 1. The lowest BCUT2D eigenvalue weighted by molar-refractivity contribution is 0.402. The number of phenols is 1. The van der Waals surface area contributed by atoms with E-state index in [1.54, 1.807) is 30.3 Å². The highest BCUT2D eigenvalue weighted by Gasteiger charge is 2.04. The number of aryl methyl sites for hydroxylation is 1. The quantitative estimate of drug-likeness (QED) is 0.913. The van der Waals surface area contributed by atoms with Gasteiger partial charge in [0, 0.05) is 10.5 Å². The lowest BCUT2D eigenvalue weighted by Gasteiger charge is -2.07. The van der Waals surface area contributed by atoms with Gasteiger partial charge in [-0.25, -0.2) is 4.98 Å². The van der Waals surface area contributed by atoms with Crippen molar-refractivity contribution in [3.05, 3.63) is 46.6 Å². The first-order valence-corrected chi connectivity index (χ1v) is 5.55. The number of nitrogens with zero attached hydrogens (tertiary/aromatic N) is 1. The number of benzene rings is 1. The molecule has 0 spiro atoms. The van der Waals surface area contributed by atoms with Crippen LogP contribution >= 0.6 is 15.9 Å². The summed E-state index contributed by atoms with van der Waals surface area (Å²) >= 11 is 3.36. The lowest BCUT2D eigenvalue weighted by atomic mass is 10.3. The second kappa shape index (κ2) is 4.53. The molecule has 2 rings (SSSR count). The average molecular weight is 280 g/mol. The standard InChI is InChI=1S/C12H10BrNO2/c1-8-9(13)6-7-12(14-8)16-11-5-3-2-4-10(11)15/h2-7,15H,1H3. The van der Waals surface area contributed by atoms with Crippen LogP contribution in [0.3, 0.4) is 0 Å². The maximum atomic E-state index is 9.53. The topological polar surface area (TPSA) is 42.4 Å². The Morgan fingerprint density at radius 3 is 2.62 bits per heavy atom. The van der Waals surface area contributed by atoms with Gasteiger partial charge in [0.05, 0.1) is 5.69 Å². The average Bonchev–Trinajstić information content (AvgIpc) is 2.27. The normalized spacial score (nSPS) is 10.1. The predicted molar refractivity (Wildman–Crippen MR) is 64.9 cm³/mol. The molecule has 0 aliphatic rings. The molecule has 0 atom stereocenters. The highest BCUT2D eigenvalue weighted by atomic mass is 79.9. The summed E-state index contributed by atoms with van der Waals surface area (Å²) in [6.07, 6.45) is 0. The van der Waals surface area contributed by atoms with Crippen molar-refractivity contribution in [1.29, 1.82) is 0 Å². The Morgan fingerprint density at radius 2 is 1.94 bits per heavy atom. The van der Waals surface area contributed by atoms with Gasteiger partial charge in [-0.1, -0.05) is 12.1 Å². The summed E-state index contributed by atoms with van der Waals surface area (Å²) < 4.78 is 6.39. The van der Waals surface area contributed by atoms with Crippen LogP contribution in [0.15, 0.2) is 40.9 Å². The Bertz CT molecular complexity index is 514. The molecule has 0 aliphatic heterocycles. The number of ether oxygens (including phenoxy) is 1. The van der Waals surface area contributed by atoms with Crippen LogP contribution in [0, 0.1) is 6.92 Å². The van der Waals surface area contributed by atoms with Crippen LogP contribution in [0.1, 0.15) is 5.69 Å². The molecule has 1 aromatic carbocycles. The minimum Gasteiger partial charge on any atom is -0.504 e. The zero-order valence-corrected chi connectivity index (χ0v) is 10.2. The van der Waals surface area contributed by atoms with E-state index < -0.39 is 0 Å². The van der Waals surface area contributed by atoms with Gasteiger partial charge in [-0.2, -0.15) is 0 Å². The molecule has 4 heteroatoms. The Hall–Kier alpha value is -1.55. The van der Waals surface area contributed by atoms with E-state index in [0.29, 0.717) is 11.6 Å². The van der Waals surface area contributed by atoms with E-state index >= 15 is 0 Å². The van der Waals surface area contributed by atoms with Crippen molar-refractivity contribution < 1.29 is 9.84 Å². The lowest BCUT2D eigenvalue weighted by Crippen LogP contribution is -1.90. The van der Waals surface area contributed by atoms with Crippen LogP contribution in [-0.2, 0) is 0 Å². The molecule has 3 nitrogen and oxygen atoms in total. The number of phenolic OH excluding ortho intramolecular Hbond substituents is 1. The number of aromatic hydroxyl groups is 1. The summed E-state index contributed by atoms with van der Waals surface area (Å²) in [5.74, 6) is 0.962. The molecular weight excluding hydrogens is 270 g/mol. The van der Waals surface area contributed by atoms with Crippen molar-refractivity contribution in [1.82, 2.24) is 4.98 Å². The van der Waals surface area contributed by atoms with Crippen molar-refractivity contribution in [2.24, 2.45) is 0 Å². The highest BCUT2D eigenvalue weighted by Crippen LogP contribution is 2.29. The number of hydrogen-bond donors (Lipinski definition) is 1. The third-order valence-corrected chi connectivity index (χ3v) is 2.91. The Morgan fingerprint density at radius 1 is 1.19 bits per heavy atom. The van der Waals surface area contributed by atoms with E-state index in [1.165, 1.54) is 0 Å². The first-order chi connectivity index (χ1) is 7.66. The van der Waals surface area contributed by atoms with Crippen molar-refractivity contribution >= 4 is 15.9 Å². The molecule has 16 heavy (non-hydrogen) atoms. The third kappa shape index (κ3) is 2.33. The molecule has 1 N–H and O–H groups in total. The zero-order chi connectivity index (χ0) is 11.5. The summed E-state index contributed by atoms with van der Waals surface area (Å²) in [6, 6.07) is 10.4. The van der Waals surface area contributed by atoms with Crippen LogP contribution in [0.25, 0.3) is 0 Å². The number of hydrogen-bond acceptors (Lipinski definition) is 3. The Balaban J connectivity index is 2.28. The fraction of sp³-hybridized carbons (Fsp3) is 0.0833. The van der Waals surface area contributed by atoms with E-state index in [1.807, 2.05) is 13.0 Å². The van der Waals surface area contributed by atoms with E-state index in [-0.39, 0.29) is 5.75 Å². The maximum absolute atomic E-state index is 9.53. The fourth-order valence-corrected chi connectivity index (χ4v) is 1.45. The molecule has 0 bridgehead atoms.